The zero-order valence-corrected chi connectivity index (χ0v) is 5.45. The standard InChI is InChI=1S/C8H8O2.K.H/c9-8(10)6-7-4-2-1-3-5-7;;/h1-5H,6H2,(H,9,10);;. The summed E-state index contributed by atoms with van der Waals surface area (Å²) in [5, 5.41) is 8.37. The van der Waals surface area contributed by atoms with Gasteiger partial charge in [0.15, 0.2) is 0 Å². The molecule has 0 spiro atoms. The molecule has 0 saturated carbocycles. The molecule has 0 radical (unpaired) electrons. The summed E-state index contributed by atoms with van der Waals surface area (Å²) < 4.78 is 0. The van der Waals surface area contributed by atoms with Gasteiger partial charge in [-0.1, -0.05) is 30.3 Å². The summed E-state index contributed by atoms with van der Waals surface area (Å²) in [6.45, 7) is 0. The van der Waals surface area contributed by atoms with Gasteiger partial charge in [0.1, 0.15) is 0 Å². The van der Waals surface area contributed by atoms with Gasteiger partial charge in [0.05, 0.1) is 6.42 Å². The SMILES string of the molecule is O=C(O)Cc1ccccc1.[KH]. The summed E-state index contributed by atoms with van der Waals surface area (Å²) in [6, 6.07) is 9.13. The Labute approximate surface area is 108 Å². The number of aliphatic carboxylic acids is 1. The minimum absolute atomic E-state index is 0. The number of rotatable bonds is 2. The van der Waals surface area contributed by atoms with E-state index in [2.05, 4.69) is 0 Å². The molecule has 0 aliphatic carbocycles. The first-order valence-corrected chi connectivity index (χ1v) is 3.05. The van der Waals surface area contributed by atoms with Crippen LogP contribution in [0.15, 0.2) is 30.3 Å². The average molecular weight is 176 g/mol. The first-order valence-electron chi connectivity index (χ1n) is 3.05. The van der Waals surface area contributed by atoms with Crippen LogP contribution in [-0.2, 0) is 11.2 Å². The van der Waals surface area contributed by atoms with Crippen molar-refractivity contribution in [1.29, 1.82) is 0 Å². The molecule has 0 saturated heterocycles. The third-order valence-corrected chi connectivity index (χ3v) is 1.20. The number of hydrogen-bond donors (Lipinski definition) is 1. The van der Waals surface area contributed by atoms with Gasteiger partial charge in [-0.05, 0) is 5.56 Å². The summed E-state index contributed by atoms with van der Waals surface area (Å²) in [5.41, 5.74) is 0.843. The van der Waals surface area contributed by atoms with E-state index >= 15 is 0 Å². The molecule has 2 nitrogen and oxygen atoms in total. The van der Waals surface area contributed by atoms with Crippen molar-refractivity contribution in [3.8, 4) is 0 Å². The van der Waals surface area contributed by atoms with Crippen LogP contribution < -0.4 is 0 Å². The van der Waals surface area contributed by atoms with Crippen LogP contribution in [0.2, 0.25) is 0 Å². The van der Waals surface area contributed by atoms with Crippen molar-refractivity contribution in [3.63, 3.8) is 0 Å². The van der Waals surface area contributed by atoms with Gasteiger partial charge in [-0.25, -0.2) is 0 Å². The number of carboxylic acid groups (broad SMARTS) is 1. The maximum absolute atomic E-state index is 10.2. The summed E-state index contributed by atoms with van der Waals surface area (Å²) in [4.78, 5) is 10.2. The summed E-state index contributed by atoms with van der Waals surface area (Å²) in [6.07, 6.45) is 0.112. The van der Waals surface area contributed by atoms with E-state index in [-0.39, 0.29) is 57.8 Å². The Morgan fingerprint density at radius 3 is 2.27 bits per heavy atom. The molecule has 0 aromatic heterocycles. The molecule has 0 bridgehead atoms. The number of hydrogen-bond acceptors (Lipinski definition) is 1. The molecule has 11 heavy (non-hydrogen) atoms. The van der Waals surface area contributed by atoms with E-state index in [1.54, 1.807) is 12.1 Å². The number of benzene rings is 1. The van der Waals surface area contributed by atoms with Gasteiger partial charge < -0.3 is 5.11 Å². The van der Waals surface area contributed by atoms with Crippen LogP contribution in [0.3, 0.4) is 0 Å². The molecule has 1 rings (SSSR count). The van der Waals surface area contributed by atoms with Crippen LogP contribution in [-0.4, -0.2) is 62.5 Å². The molecular formula is C8H9KO2. The zero-order chi connectivity index (χ0) is 7.40. The van der Waals surface area contributed by atoms with E-state index in [0.717, 1.165) is 5.56 Å². The van der Waals surface area contributed by atoms with Gasteiger partial charge in [-0.3, -0.25) is 4.79 Å². The predicted molar refractivity (Wildman–Crippen MR) is 44.9 cm³/mol. The molecule has 3 heteroatoms. The molecule has 0 aliphatic rings. The van der Waals surface area contributed by atoms with Gasteiger partial charge in [0.25, 0.3) is 0 Å². The number of carboxylic acids is 1. The molecular weight excluding hydrogens is 167 g/mol. The van der Waals surface area contributed by atoms with Gasteiger partial charge in [-0.2, -0.15) is 0 Å². The van der Waals surface area contributed by atoms with Crippen molar-refractivity contribution in [2.45, 2.75) is 6.42 Å². The molecule has 0 atom stereocenters. The van der Waals surface area contributed by atoms with Crippen LogP contribution in [0.5, 0.6) is 0 Å². The number of carbonyl (C=O) groups is 1. The molecule has 1 aromatic carbocycles. The summed E-state index contributed by atoms with van der Waals surface area (Å²) in [7, 11) is 0. The van der Waals surface area contributed by atoms with E-state index in [4.69, 9.17) is 5.11 Å². The third-order valence-electron chi connectivity index (χ3n) is 1.20. The molecule has 1 aromatic rings. The third kappa shape index (κ3) is 4.71. The van der Waals surface area contributed by atoms with Gasteiger partial charge in [-0.15, -0.1) is 0 Å². The molecule has 0 unspecified atom stereocenters. The predicted octanol–water partition coefficient (Wildman–Crippen LogP) is 0.665. The molecule has 0 amide bonds. The van der Waals surface area contributed by atoms with Crippen LogP contribution >= 0.6 is 0 Å². The Hall–Kier alpha value is 0.326. The van der Waals surface area contributed by atoms with Crippen molar-refractivity contribution < 1.29 is 9.90 Å². The second kappa shape index (κ2) is 5.91. The van der Waals surface area contributed by atoms with E-state index in [0.29, 0.717) is 0 Å². The first kappa shape index (κ1) is 11.3. The quantitative estimate of drug-likeness (QED) is 0.672. The van der Waals surface area contributed by atoms with Crippen molar-refractivity contribution in [3.05, 3.63) is 35.9 Å². The van der Waals surface area contributed by atoms with E-state index in [1.165, 1.54) is 0 Å². The normalized spacial score (nSPS) is 8.36. The fourth-order valence-corrected chi connectivity index (χ4v) is 0.770. The molecule has 0 fully saturated rings. The maximum atomic E-state index is 10.2. The van der Waals surface area contributed by atoms with Gasteiger partial charge in [0, 0.05) is 0 Å². The van der Waals surface area contributed by atoms with E-state index < -0.39 is 5.97 Å². The topological polar surface area (TPSA) is 37.3 Å². The molecule has 1 N–H and O–H groups in total. The van der Waals surface area contributed by atoms with Crippen LogP contribution in [0.4, 0.5) is 0 Å². The molecule has 54 valence electrons. The van der Waals surface area contributed by atoms with Gasteiger partial charge in [0.2, 0.25) is 0 Å². The van der Waals surface area contributed by atoms with E-state index in [1.807, 2.05) is 18.2 Å². The summed E-state index contributed by atoms with van der Waals surface area (Å²) >= 11 is 0. The van der Waals surface area contributed by atoms with Crippen LogP contribution in [0, 0.1) is 0 Å². The zero-order valence-electron chi connectivity index (χ0n) is 5.45. The fraction of sp³-hybridized carbons (Fsp3) is 0.125. The average Bonchev–Trinajstić information content (AvgIpc) is 1.88. The Balaban J connectivity index is 0.000001000. The van der Waals surface area contributed by atoms with Crippen molar-refractivity contribution >= 4 is 57.4 Å². The summed E-state index contributed by atoms with van der Waals surface area (Å²) in [5.74, 6) is -0.786. The van der Waals surface area contributed by atoms with E-state index in [9.17, 15) is 4.79 Å². The van der Waals surface area contributed by atoms with Crippen molar-refractivity contribution in [1.82, 2.24) is 0 Å². The fourth-order valence-electron chi connectivity index (χ4n) is 0.770. The van der Waals surface area contributed by atoms with Crippen molar-refractivity contribution in [2.24, 2.45) is 0 Å². The molecule has 0 aliphatic heterocycles. The van der Waals surface area contributed by atoms with Crippen molar-refractivity contribution in [2.75, 3.05) is 0 Å². The van der Waals surface area contributed by atoms with Crippen LogP contribution in [0.25, 0.3) is 0 Å². The Bertz CT molecular complexity index is 221. The second-order valence-electron chi connectivity index (χ2n) is 2.06. The second-order valence-corrected chi connectivity index (χ2v) is 2.06. The first-order chi connectivity index (χ1) is 4.79. The Morgan fingerprint density at radius 2 is 1.82 bits per heavy atom. The minimum atomic E-state index is -0.786. The Kier molecular flexibility index (Phi) is 6.09. The molecule has 0 heterocycles. The Morgan fingerprint density at radius 1 is 1.27 bits per heavy atom. The van der Waals surface area contributed by atoms with Crippen LogP contribution in [0.1, 0.15) is 5.56 Å². The monoisotopic (exact) mass is 176 g/mol. The van der Waals surface area contributed by atoms with Gasteiger partial charge >= 0.3 is 57.4 Å².